The number of halogens is 6. The summed E-state index contributed by atoms with van der Waals surface area (Å²) in [7, 11) is 0. The number of rotatable bonds is 21. The molecule has 91 heavy (non-hydrogen) atoms. The molecule has 29 heteroatoms. The highest BCUT2D eigenvalue weighted by Crippen LogP contribution is 2.29. The fourth-order valence-electron chi connectivity index (χ4n) is 8.29. The van der Waals surface area contributed by atoms with E-state index in [0.29, 0.717) is 32.3 Å². The molecule has 472 valence electrons. The number of nitrogens with two attached hydrogens (primary N) is 1. The number of carboxylic acids is 1. The maximum absolute atomic E-state index is 14.4. The van der Waals surface area contributed by atoms with Crippen molar-refractivity contribution in [2.24, 2.45) is 5.84 Å². The molecule has 0 saturated heterocycles. The number of aromatic nitrogens is 2. The van der Waals surface area contributed by atoms with E-state index in [2.05, 4.69) is 24.7 Å². The van der Waals surface area contributed by atoms with Crippen LogP contribution in [0.1, 0.15) is 55.3 Å². The Bertz CT molecular complexity index is 4300. The van der Waals surface area contributed by atoms with Crippen LogP contribution in [-0.2, 0) is 45.4 Å². The molecule has 0 aliphatic rings. The first-order valence-electron chi connectivity index (χ1n) is 26.7. The Morgan fingerprint density at radius 2 is 0.978 bits per heavy atom. The summed E-state index contributed by atoms with van der Waals surface area (Å²) in [6, 6.07) is 36.2. The molecule has 0 bridgehead atoms. The van der Waals surface area contributed by atoms with Gasteiger partial charge in [-0.1, -0.05) is 106 Å². The largest absolute Gasteiger partial charge is 0.519 e. The number of ether oxygens (including phenoxy) is 2. The van der Waals surface area contributed by atoms with Crippen LogP contribution in [-0.4, -0.2) is 84.8 Å². The van der Waals surface area contributed by atoms with E-state index < -0.39 is 78.3 Å². The van der Waals surface area contributed by atoms with Crippen LogP contribution in [0.5, 0.6) is 0 Å². The summed E-state index contributed by atoms with van der Waals surface area (Å²) in [5, 5.41) is 39.7. The van der Waals surface area contributed by atoms with Crippen LogP contribution in [0.3, 0.4) is 0 Å². The molecule has 10 rings (SSSR count). The SMILES string of the molecule is Cc1oc(=O)oc1COC(=O)[C@H](O)CN(Cc1ccc(-c2cc(Cl)ccc2F)cc1)NC(=O)c1cc(-c2ccccc2F)no1.Cc1oc(=O)oc1COC(=O)[C@H](O)CN(N)Cc1ccc(-c2cc(Cl)ccc2F)cc1.O=C(O)c1cc(-c2ccccc2F)no1. The third-order valence-corrected chi connectivity index (χ3v) is 13.3. The van der Waals surface area contributed by atoms with Crippen molar-refractivity contribution in [3.8, 4) is 44.8 Å². The first-order chi connectivity index (χ1) is 43.5. The first-order valence-corrected chi connectivity index (χ1v) is 27.4. The van der Waals surface area contributed by atoms with Crippen molar-refractivity contribution in [2.45, 2.75) is 52.4 Å². The highest BCUT2D eigenvalue weighted by atomic mass is 35.5. The number of hydrogen-bond acceptors (Lipinski definition) is 21. The van der Waals surface area contributed by atoms with Crippen molar-refractivity contribution >= 4 is 47.0 Å². The number of esters is 2. The molecule has 10 aromatic rings. The van der Waals surface area contributed by atoms with Gasteiger partial charge in [0.1, 0.15) is 34.7 Å². The predicted octanol–water partition coefficient (Wildman–Crippen LogP) is 10.0. The summed E-state index contributed by atoms with van der Waals surface area (Å²) in [6.07, 6.45) is -3.28. The van der Waals surface area contributed by atoms with E-state index in [1.807, 2.05) is 0 Å². The van der Waals surface area contributed by atoms with E-state index in [1.54, 1.807) is 66.7 Å². The lowest BCUT2D eigenvalue weighted by atomic mass is 10.0. The van der Waals surface area contributed by atoms with E-state index >= 15 is 0 Å². The van der Waals surface area contributed by atoms with Crippen LogP contribution < -0.4 is 22.9 Å². The molecule has 0 aliphatic carbocycles. The fourth-order valence-corrected chi connectivity index (χ4v) is 8.64. The van der Waals surface area contributed by atoms with Crippen LogP contribution in [0.2, 0.25) is 10.0 Å². The summed E-state index contributed by atoms with van der Waals surface area (Å²) in [5.74, 6) is -2.16. The summed E-state index contributed by atoms with van der Waals surface area (Å²) in [4.78, 5) is 70.3. The Morgan fingerprint density at radius 3 is 1.41 bits per heavy atom. The number of nitrogens with zero attached hydrogens (tertiary/aromatic N) is 4. The lowest BCUT2D eigenvalue weighted by Gasteiger charge is -2.24. The molecular formula is C62H50Cl2F4N6O17. The van der Waals surface area contributed by atoms with E-state index in [1.165, 1.54) is 103 Å². The zero-order valence-corrected chi connectivity index (χ0v) is 49.0. The topological polar surface area (TPSA) is 331 Å². The Hall–Kier alpha value is -10.3. The normalized spacial score (nSPS) is 11.7. The van der Waals surface area contributed by atoms with Crippen LogP contribution in [0.25, 0.3) is 44.8 Å². The molecule has 0 aliphatic heterocycles. The third kappa shape index (κ3) is 18.4. The molecule has 4 heterocycles. The van der Waals surface area contributed by atoms with E-state index in [4.69, 9.17) is 61.4 Å². The molecule has 0 fully saturated rings. The lowest BCUT2D eigenvalue weighted by Crippen LogP contribution is -2.47. The Labute approximate surface area is 520 Å². The number of nitrogens with one attached hydrogen (secondary N) is 1. The van der Waals surface area contributed by atoms with E-state index in [0.717, 1.165) is 5.56 Å². The molecule has 0 unspecified atom stereocenters. The average Bonchev–Trinajstić information content (AvgIpc) is 2.20. The van der Waals surface area contributed by atoms with E-state index in [-0.39, 0.29) is 94.7 Å². The first kappa shape index (κ1) is 66.7. The van der Waals surface area contributed by atoms with Gasteiger partial charge in [-0.25, -0.2) is 51.6 Å². The molecule has 0 saturated carbocycles. The number of carbonyl (C=O) groups excluding carboxylic acids is 3. The van der Waals surface area contributed by atoms with Crippen LogP contribution in [0, 0.1) is 37.1 Å². The molecule has 1 amide bonds. The van der Waals surface area contributed by atoms with Crippen molar-refractivity contribution in [3.63, 3.8) is 0 Å². The molecule has 23 nitrogen and oxygen atoms in total. The molecule has 6 N–H and O–H groups in total. The van der Waals surface area contributed by atoms with Gasteiger partial charge in [-0.05, 0) is 96.8 Å². The second-order valence-electron chi connectivity index (χ2n) is 19.4. The second-order valence-corrected chi connectivity index (χ2v) is 20.3. The predicted molar refractivity (Wildman–Crippen MR) is 312 cm³/mol. The average molecular weight is 1300 g/mol. The molecular weight excluding hydrogens is 1250 g/mol. The molecule has 4 aromatic heterocycles. The smallest absolute Gasteiger partial charge is 0.475 e. The third-order valence-electron chi connectivity index (χ3n) is 12.9. The number of hydrazine groups is 2. The second kappa shape index (κ2) is 30.8. The number of benzene rings is 6. The Balaban J connectivity index is 0.000000199. The number of aliphatic hydroxyl groups is 2. The molecule has 0 spiro atoms. The van der Waals surface area contributed by atoms with Gasteiger partial charge in [-0.15, -0.1) is 0 Å². The summed E-state index contributed by atoms with van der Waals surface area (Å²) < 4.78 is 94.3. The van der Waals surface area contributed by atoms with Gasteiger partial charge in [0, 0.05) is 57.5 Å². The number of hydrogen-bond donors (Lipinski definition) is 5. The standard InChI is InChI=1S/C31H24ClF2N3O8.C21H20ClFN2O6.C10H6FNO3/c1-17-28(44-31(41)43-17)16-42-30(40)26(38)15-37(14-18-6-8-19(9-7-18)22-12-20(32)10-11-24(22)34)35-29(39)27-13-25(36-45-27)21-4-2-3-5-23(21)33;1-12-19(31-21(28)30-12)11-29-20(27)18(26)10-25(24)9-13-2-4-14(5-3-13)16-8-15(22)6-7-17(16)23;11-7-4-2-1-3-6(7)8-5-9(10(13)14)15-12-8/h2-13,26,38H,14-16H2,1H3,(H,35,39);2-8,18,26H,9-11,24H2,1H3;1-5H,(H,13,14)/t26-;18-;/m11./s1. The monoisotopic (exact) mass is 1300 g/mol. The van der Waals surface area contributed by atoms with Crippen molar-refractivity contribution in [1.29, 1.82) is 0 Å². The lowest BCUT2D eigenvalue weighted by molar-refractivity contribution is -0.157. The number of aryl methyl sites for hydroxylation is 2. The maximum Gasteiger partial charge on any atom is 0.519 e. The van der Waals surface area contributed by atoms with Gasteiger partial charge in [0.05, 0.1) is 13.1 Å². The highest BCUT2D eigenvalue weighted by Gasteiger charge is 2.27. The maximum atomic E-state index is 14.4. The number of carbonyl (C=O) groups is 4. The Morgan fingerprint density at radius 1 is 0.560 bits per heavy atom. The van der Waals surface area contributed by atoms with Crippen LogP contribution in [0.4, 0.5) is 17.6 Å². The quantitative estimate of drug-likeness (QED) is 0.0193. The molecule has 6 aromatic carbocycles. The zero-order chi connectivity index (χ0) is 65.5. The van der Waals surface area contributed by atoms with E-state index in [9.17, 15) is 56.5 Å². The van der Waals surface area contributed by atoms with Gasteiger partial charge < -0.3 is 51.5 Å². The number of aromatic carboxylic acids is 1. The number of aliphatic hydroxyl groups excluding tert-OH is 2. The van der Waals surface area contributed by atoms with Crippen LogP contribution in [0.15, 0.2) is 182 Å². The molecule has 2 atom stereocenters. The van der Waals surface area contributed by atoms with Crippen molar-refractivity contribution in [1.82, 2.24) is 25.8 Å². The summed E-state index contributed by atoms with van der Waals surface area (Å²) in [6.45, 7) is 1.62. The van der Waals surface area contributed by atoms with Gasteiger partial charge in [0.25, 0.3) is 0 Å². The summed E-state index contributed by atoms with van der Waals surface area (Å²) in [5.41, 5.74) is 6.38. The highest BCUT2D eigenvalue weighted by molar-refractivity contribution is 6.31. The van der Waals surface area contributed by atoms with Crippen LogP contribution >= 0.6 is 23.2 Å². The van der Waals surface area contributed by atoms with Gasteiger partial charge in [-0.2, -0.15) is 0 Å². The summed E-state index contributed by atoms with van der Waals surface area (Å²) >= 11 is 12.0. The minimum Gasteiger partial charge on any atom is -0.475 e. The van der Waals surface area contributed by atoms with Crippen molar-refractivity contribution in [3.05, 3.63) is 246 Å². The minimum absolute atomic E-state index is 0.0297. The van der Waals surface area contributed by atoms with Gasteiger partial charge in [0.15, 0.2) is 48.5 Å². The van der Waals surface area contributed by atoms with Gasteiger partial charge in [-0.3, -0.25) is 16.1 Å². The zero-order valence-electron chi connectivity index (χ0n) is 47.4. The molecule has 0 radical (unpaired) electrons. The Kier molecular flexibility index (Phi) is 22.6. The van der Waals surface area contributed by atoms with Crippen molar-refractivity contribution in [2.75, 3.05) is 13.1 Å². The fraction of sp³-hybridized carbons (Fsp3) is 0.161. The number of amides is 1. The van der Waals surface area contributed by atoms with Crippen molar-refractivity contribution < 1.29 is 88.2 Å². The number of carboxylic acid groups (broad SMARTS) is 1. The van der Waals surface area contributed by atoms with Gasteiger partial charge in [0.2, 0.25) is 11.5 Å². The van der Waals surface area contributed by atoms with Gasteiger partial charge >= 0.3 is 35.5 Å². The minimum atomic E-state index is -1.77.